The first-order valence-electron chi connectivity index (χ1n) is 4.13. The predicted molar refractivity (Wildman–Crippen MR) is 50.3 cm³/mol. The van der Waals surface area contributed by atoms with E-state index in [0.29, 0.717) is 5.69 Å². The fourth-order valence-corrected chi connectivity index (χ4v) is 1.34. The summed E-state index contributed by atoms with van der Waals surface area (Å²) in [5, 5.41) is 4.66. The molecule has 1 aromatic carbocycles. The zero-order valence-electron chi connectivity index (χ0n) is 7.28. The highest BCUT2D eigenvalue weighted by molar-refractivity contribution is 6.04. The van der Waals surface area contributed by atoms with Crippen molar-refractivity contribution >= 4 is 17.6 Å². The first-order chi connectivity index (χ1) is 6.66. The number of carbonyl (C=O) groups is 2. The fourth-order valence-electron chi connectivity index (χ4n) is 1.34. The van der Waals surface area contributed by atoms with Crippen molar-refractivity contribution in [1.29, 1.82) is 0 Å². The number of imide groups is 1. The lowest BCUT2D eigenvalue weighted by Crippen LogP contribution is -2.22. The van der Waals surface area contributed by atoms with Gasteiger partial charge in [-0.2, -0.15) is 0 Å². The Morgan fingerprint density at radius 1 is 1.14 bits per heavy atom. The van der Waals surface area contributed by atoms with Gasteiger partial charge >= 0.3 is 6.03 Å². The summed E-state index contributed by atoms with van der Waals surface area (Å²) in [6, 6.07) is 5.75. The Hall–Kier alpha value is -2.04. The van der Waals surface area contributed by atoms with Gasteiger partial charge in [-0.1, -0.05) is 12.1 Å². The average molecular weight is 191 g/mol. The summed E-state index contributed by atoms with van der Waals surface area (Å²) < 4.78 is 0. The molecule has 0 aromatic heterocycles. The van der Waals surface area contributed by atoms with E-state index in [4.69, 9.17) is 5.73 Å². The van der Waals surface area contributed by atoms with Crippen molar-refractivity contribution in [2.75, 3.05) is 5.73 Å². The maximum atomic E-state index is 11.2. The van der Waals surface area contributed by atoms with Crippen LogP contribution in [0.2, 0.25) is 0 Å². The lowest BCUT2D eigenvalue weighted by Gasteiger charge is -2.06. The van der Waals surface area contributed by atoms with Crippen LogP contribution >= 0.6 is 0 Å². The largest absolute Gasteiger partial charge is 0.399 e. The Morgan fingerprint density at radius 3 is 2.29 bits per heavy atom. The SMILES string of the molecule is Nc1ccc([C@@H]2NC(=O)NC2=O)cc1. The Labute approximate surface area is 80.3 Å². The first-order valence-corrected chi connectivity index (χ1v) is 4.13. The Balaban J connectivity index is 2.27. The second-order valence-electron chi connectivity index (χ2n) is 3.06. The molecule has 1 aromatic rings. The van der Waals surface area contributed by atoms with Crippen LogP contribution in [-0.2, 0) is 4.79 Å². The molecule has 0 unspecified atom stereocenters. The van der Waals surface area contributed by atoms with Crippen molar-refractivity contribution in [1.82, 2.24) is 10.6 Å². The summed E-state index contributed by atoms with van der Waals surface area (Å²) in [4.78, 5) is 22.1. The molecule has 14 heavy (non-hydrogen) atoms. The third kappa shape index (κ3) is 1.39. The summed E-state index contributed by atoms with van der Waals surface area (Å²) >= 11 is 0. The van der Waals surface area contributed by atoms with E-state index in [9.17, 15) is 9.59 Å². The van der Waals surface area contributed by atoms with Gasteiger partial charge in [0.25, 0.3) is 5.91 Å². The van der Waals surface area contributed by atoms with Crippen molar-refractivity contribution in [2.24, 2.45) is 0 Å². The third-order valence-corrected chi connectivity index (χ3v) is 2.04. The van der Waals surface area contributed by atoms with Gasteiger partial charge in [0.1, 0.15) is 6.04 Å². The van der Waals surface area contributed by atoms with Crippen LogP contribution in [0, 0.1) is 0 Å². The summed E-state index contributed by atoms with van der Waals surface area (Å²) in [5.41, 5.74) is 6.85. The molecule has 1 heterocycles. The number of carbonyl (C=O) groups excluding carboxylic acids is 2. The maximum absolute atomic E-state index is 11.2. The van der Waals surface area contributed by atoms with E-state index in [1.54, 1.807) is 24.3 Å². The molecule has 5 nitrogen and oxygen atoms in total. The molecule has 3 amide bonds. The number of amides is 3. The number of nitrogens with two attached hydrogens (primary N) is 1. The summed E-state index contributed by atoms with van der Waals surface area (Å²) in [5.74, 6) is -0.334. The molecule has 72 valence electrons. The highest BCUT2D eigenvalue weighted by atomic mass is 16.2. The second-order valence-corrected chi connectivity index (χ2v) is 3.06. The van der Waals surface area contributed by atoms with Gasteiger partial charge in [0, 0.05) is 5.69 Å². The standard InChI is InChI=1S/C9H9N3O2/c10-6-3-1-5(2-4-6)7-8(13)12-9(14)11-7/h1-4,7H,10H2,(H2,11,12,13,14)/t7-/m0/s1. The van der Waals surface area contributed by atoms with Crippen molar-refractivity contribution in [3.05, 3.63) is 29.8 Å². The van der Waals surface area contributed by atoms with E-state index in [0.717, 1.165) is 5.56 Å². The Kier molecular flexibility index (Phi) is 1.85. The molecular formula is C9H9N3O2. The number of nitrogens with one attached hydrogen (secondary N) is 2. The minimum Gasteiger partial charge on any atom is -0.399 e. The third-order valence-electron chi connectivity index (χ3n) is 2.04. The predicted octanol–water partition coefficient (Wildman–Crippen LogP) is 0.149. The van der Waals surface area contributed by atoms with E-state index in [2.05, 4.69) is 10.6 Å². The maximum Gasteiger partial charge on any atom is 0.322 e. The quantitative estimate of drug-likeness (QED) is 0.436. The van der Waals surface area contributed by atoms with Gasteiger partial charge in [-0.25, -0.2) is 4.79 Å². The highest BCUT2D eigenvalue weighted by Gasteiger charge is 2.30. The average Bonchev–Trinajstić information content (AvgIpc) is 2.47. The van der Waals surface area contributed by atoms with Crippen LogP contribution < -0.4 is 16.4 Å². The fraction of sp³-hybridized carbons (Fsp3) is 0.111. The molecule has 1 fully saturated rings. The van der Waals surface area contributed by atoms with Gasteiger partial charge in [-0.3, -0.25) is 10.1 Å². The number of rotatable bonds is 1. The van der Waals surface area contributed by atoms with E-state index in [-0.39, 0.29) is 5.91 Å². The van der Waals surface area contributed by atoms with Crippen LogP contribution in [-0.4, -0.2) is 11.9 Å². The van der Waals surface area contributed by atoms with E-state index < -0.39 is 12.1 Å². The van der Waals surface area contributed by atoms with Crippen LogP contribution in [0.25, 0.3) is 0 Å². The Morgan fingerprint density at radius 2 is 1.79 bits per heavy atom. The van der Waals surface area contributed by atoms with Crippen molar-refractivity contribution in [3.8, 4) is 0 Å². The van der Waals surface area contributed by atoms with Gasteiger partial charge < -0.3 is 11.1 Å². The van der Waals surface area contributed by atoms with Crippen molar-refractivity contribution in [2.45, 2.75) is 6.04 Å². The highest BCUT2D eigenvalue weighted by Crippen LogP contribution is 2.17. The lowest BCUT2D eigenvalue weighted by molar-refractivity contribution is -0.120. The molecule has 0 aliphatic carbocycles. The van der Waals surface area contributed by atoms with E-state index in [1.165, 1.54) is 0 Å². The molecule has 4 N–H and O–H groups in total. The number of nitrogen functional groups attached to an aromatic ring is 1. The monoisotopic (exact) mass is 191 g/mol. The number of urea groups is 1. The number of benzene rings is 1. The molecule has 1 aliphatic rings. The number of hydrogen-bond donors (Lipinski definition) is 3. The van der Waals surface area contributed by atoms with Gasteiger partial charge in [0.05, 0.1) is 0 Å². The van der Waals surface area contributed by atoms with Gasteiger partial charge in [-0.05, 0) is 17.7 Å². The Bertz CT molecular complexity index is 386. The molecule has 0 bridgehead atoms. The summed E-state index contributed by atoms with van der Waals surface area (Å²) in [6.07, 6.45) is 0. The zero-order chi connectivity index (χ0) is 10.1. The number of anilines is 1. The molecule has 0 spiro atoms. The molecule has 2 rings (SSSR count). The van der Waals surface area contributed by atoms with E-state index >= 15 is 0 Å². The molecule has 1 aliphatic heterocycles. The smallest absolute Gasteiger partial charge is 0.322 e. The van der Waals surface area contributed by atoms with Crippen LogP contribution in [0.4, 0.5) is 10.5 Å². The normalized spacial score (nSPS) is 20.4. The zero-order valence-corrected chi connectivity index (χ0v) is 7.28. The topological polar surface area (TPSA) is 84.2 Å². The first kappa shape index (κ1) is 8.55. The molecule has 1 atom stereocenters. The minimum atomic E-state index is -0.594. The summed E-state index contributed by atoms with van der Waals surface area (Å²) in [6.45, 7) is 0. The molecule has 0 saturated carbocycles. The molecule has 0 radical (unpaired) electrons. The van der Waals surface area contributed by atoms with Gasteiger partial charge in [0.15, 0.2) is 0 Å². The van der Waals surface area contributed by atoms with Gasteiger partial charge in [-0.15, -0.1) is 0 Å². The number of hydrogen-bond acceptors (Lipinski definition) is 3. The molecular weight excluding hydrogens is 182 g/mol. The second kappa shape index (κ2) is 3.02. The van der Waals surface area contributed by atoms with Crippen LogP contribution in [0.15, 0.2) is 24.3 Å². The molecule has 5 heteroatoms. The minimum absolute atomic E-state index is 0.334. The van der Waals surface area contributed by atoms with Crippen LogP contribution in [0.1, 0.15) is 11.6 Å². The molecule has 1 saturated heterocycles. The van der Waals surface area contributed by atoms with Crippen molar-refractivity contribution < 1.29 is 9.59 Å². The van der Waals surface area contributed by atoms with Crippen LogP contribution in [0.5, 0.6) is 0 Å². The van der Waals surface area contributed by atoms with E-state index in [1.807, 2.05) is 0 Å². The van der Waals surface area contributed by atoms with Crippen molar-refractivity contribution in [3.63, 3.8) is 0 Å². The summed E-state index contributed by atoms with van der Waals surface area (Å²) in [7, 11) is 0. The van der Waals surface area contributed by atoms with Gasteiger partial charge in [0.2, 0.25) is 0 Å². The lowest BCUT2D eigenvalue weighted by atomic mass is 10.1. The van der Waals surface area contributed by atoms with Crippen LogP contribution in [0.3, 0.4) is 0 Å².